The first kappa shape index (κ1) is 13.0. The summed E-state index contributed by atoms with van der Waals surface area (Å²) in [6, 6.07) is 13.8. The molecule has 0 spiro atoms. The van der Waals surface area contributed by atoms with Gasteiger partial charge in [-0.05, 0) is 48.6 Å². The van der Waals surface area contributed by atoms with Gasteiger partial charge in [0.1, 0.15) is 11.0 Å². The fourth-order valence-corrected chi connectivity index (χ4v) is 3.13. The standard InChI is InChI=1S/C17H16N4O/c22-17(12-8-9-15-16(10-12)20-21-19-15)18-14-7-3-5-11-4-1-2-6-13(11)14/h1-2,4,6,8-10,14H,3,5,7H2,(H,18,22)(H,19,20,21). The molecule has 0 saturated carbocycles. The van der Waals surface area contributed by atoms with Crippen LogP contribution in [0.1, 0.15) is 40.4 Å². The van der Waals surface area contributed by atoms with Crippen LogP contribution in [0.15, 0.2) is 42.5 Å². The Morgan fingerprint density at radius 2 is 2.00 bits per heavy atom. The number of carbonyl (C=O) groups is 1. The maximum atomic E-state index is 12.5. The molecule has 1 aliphatic rings. The average molecular weight is 292 g/mol. The van der Waals surface area contributed by atoms with Crippen LogP contribution in [0.2, 0.25) is 0 Å². The Bertz CT molecular complexity index is 839. The molecule has 0 aliphatic heterocycles. The van der Waals surface area contributed by atoms with E-state index >= 15 is 0 Å². The van der Waals surface area contributed by atoms with Crippen LogP contribution in [0.5, 0.6) is 0 Å². The summed E-state index contributed by atoms with van der Waals surface area (Å²) in [7, 11) is 0. The lowest BCUT2D eigenvalue weighted by molar-refractivity contribution is 0.0933. The average Bonchev–Trinajstić information content (AvgIpc) is 3.02. The molecule has 0 bridgehead atoms. The number of nitrogens with one attached hydrogen (secondary N) is 2. The third-order valence-electron chi connectivity index (χ3n) is 4.25. The van der Waals surface area contributed by atoms with E-state index in [9.17, 15) is 4.79 Å². The molecular formula is C17H16N4O. The lowest BCUT2D eigenvalue weighted by Crippen LogP contribution is -2.30. The molecule has 1 aromatic heterocycles. The van der Waals surface area contributed by atoms with Gasteiger partial charge in [0.2, 0.25) is 0 Å². The number of amides is 1. The number of fused-ring (bicyclic) bond motifs is 2. The van der Waals surface area contributed by atoms with Gasteiger partial charge in [-0.3, -0.25) is 4.79 Å². The minimum absolute atomic E-state index is 0.0633. The Morgan fingerprint density at radius 3 is 2.95 bits per heavy atom. The van der Waals surface area contributed by atoms with Crippen LogP contribution >= 0.6 is 0 Å². The number of benzene rings is 2. The van der Waals surface area contributed by atoms with Crippen molar-refractivity contribution in [3.63, 3.8) is 0 Å². The second-order valence-electron chi connectivity index (χ2n) is 5.64. The molecule has 1 unspecified atom stereocenters. The van der Waals surface area contributed by atoms with Gasteiger partial charge in [0.25, 0.3) is 5.91 Å². The first-order chi connectivity index (χ1) is 10.8. The van der Waals surface area contributed by atoms with E-state index in [4.69, 9.17) is 0 Å². The highest BCUT2D eigenvalue weighted by molar-refractivity contribution is 5.97. The van der Waals surface area contributed by atoms with Gasteiger partial charge in [0, 0.05) is 5.56 Å². The van der Waals surface area contributed by atoms with E-state index in [2.05, 4.69) is 38.9 Å². The van der Waals surface area contributed by atoms with E-state index in [1.807, 2.05) is 12.1 Å². The van der Waals surface area contributed by atoms with Crippen molar-refractivity contribution in [2.45, 2.75) is 25.3 Å². The Morgan fingerprint density at radius 1 is 1.14 bits per heavy atom. The molecule has 110 valence electrons. The number of rotatable bonds is 2. The van der Waals surface area contributed by atoms with Crippen molar-refractivity contribution in [2.24, 2.45) is 0 Å². The van der Waals surface area contributed by atoms with Gasteiger partial charge in [-0.1, -0.05) is 24.3 Å². The van der Waals surface area contributed by atoms with Crippen LogP contribution in [0, 0.1) is 0 Å². The molecule has 2 aromatic carbocycles. The number of aromatic amines is 1. The van der Waals surface area contributed by atoms with Crippen molar-refractivity contribution in [1.82, 2.24) is 20.7 Å². The topological polar surface area (TPSA) is 70.7 Å². The second kappa shape index (κ2) is 5.26. The molecule has 1 heterocycles. The molecule has 2 N–H and O–H groups in total. The zero-order valence-electron chi connectivity index (χ0n) is 12.0. The van der Waals surface area contributed by atoms with Gasteiger partial charge >= 0.3 is 0 Å². The summed E-state index contributed by atoms with van der Waals surface area (Å²) in [5.41, 5.74) is 4.66. The molecule has 5 heteroatoms. The summed E-state index contributed by atoms with van der Waals surface area (Å²) in [5, 5.41) is 13.7. The van der Waals surface area contributed by atoms with Crippen LogP contribution in [-0.2, 0) is 6.42 Å². The van der Waals surface area contributed by atoms with E-state index in [-0.39, 0.29) is 11.9 Å². The molecule has 0 fully saturated rings. The normalized spacial score (nSPS) is 17.2. The highest BCUT2D eigenvalue weighted by atomic mass is 16.1. The highest BCUT2D eigenvalue weighted by Gasteiger charge is 2.22. The van der Waals surface area contributed by atoms with E-state index in [0.717, 1.165) is 24.8 Å². The van der Waals surface area contributed by atoms with Gasteiger partial charge in [-0.25, -0.2) is 0 Å². The number of aryl methyl sites for hydroxylation is 1. The van der Waals surface area contributed by atoms with Crippen molar-refractivity contribution >= 4 is 16.9 Å². The number of H-pyrrole nitrogens is 1. The second-order valence-corrected chi connectivity index (χ2v) is 5.64. The van der Waals surface area contributed by atoms with E-state index in [0.29, 0.717) is 11.1 Å². The Balaban J connectivity index is 1.59. The van der Waals surface area contributed by atoms with Gasteiger partial charge < -0.3 is 5.32 Å². The Kier molecular flexibility index (Phi) is 3.11. The maximum Gasteiger partial charge on any atom is 0.251 e. The van der Waals surface area contributed by atoms with E-state index in [1.165, 1.54) is 11.1 Å². The van der Waals surface area contributed by atoms with Gasteiger partial charge in [-0.2, -0.15) is 15.4 Å². The van der Waals surface area contributed by atoms with Gasteiger partial charge in [0.05, 0.1) is 6.04 Å². The van der Waals surface area contributed by atoms with E-state index in [1.54, 1.807) is 12.1 Å². The predicted molar refractivity (Wildman–Crippen MR) is 83.5 cm³/mol. The quantitative estimate of drug-likeness (QED) is 0.763. The third kappa shape index (κ3) is 2.24. The Labute approximate surface area is 127 Å². The fourth-order valence-electron chi connectivity index (χ4n) is 3.13. The van der Waals surface area contributed by atoms with Crippen molar-refractivity contribution in [3.8, 4) is 0 Å². The maximum absolute atomic E-state index is 12.5. The minimum atomic E-state index is -0.0633. The molecule has 22 heavy (non-hydrogen) atoms. The monoisotopic (exact) mass is 292 g/mol. The summed E-state index contributed by atoms with van der Waals surface area (Å²) in [6.45, 7) is 0. The lowest BCUT2D eigenvalue weighted by atomic mass is 9.87. The SMILES string of the molecule is O=C(NC1CCCc2ccccc21)c1ccc2n[nH]nc2c1. The summed E-state index contributed by atoms with van der Waals surface area (Å²) in [6.07, 6.45) is 3.17. The minimum Gasteiger partial charge on any atom is -0.345 e. The molecule has 1 aliphatic carbocycles. The van der Waals surface area contributed by atoms with Crippen LogP contribution in [0.4, 0.5) is 0 Å². The number of nitrogens with zero attached hydrogens (tertiary/aromatic N) is 2. The number of carbonyl (C=O) groups excluding carboxylic acids is 1. The zero-order valence-corrected chi connectivity index (χ0v) is 12.0. The first-order valence-electron chi connectivity index (χ1n) is 7.50. The molecule has 4 rings (SSSR count). The lowest BCUT2D eigenvalue weighted by Gasteiger charge is -2.26. The van der Waals surface area contributed by atoms with Gasteiger partial charge in [-0.15, -0.1) is 0 Å². The zero-order chi connectivity index (χ0) is 14.9. The molecule has 1 atom stereocenters. The number of aromatic nitrogens is 3. The van der Waals surface area contributed by atoms with Crippen molar-refractivity contribution in [1.29, 1.82) is 0 Å². The number of hydrogen-bond acceptors (Lipinski definition) is 3. The van der Waals surface area contributed by atoms with Gasteiger partial charge in [0.15, 0.2) is 0 Å². The number of hydrogen-bond donors (Lipinski definition) is 2. The first-order valence-corrected chi connectivity index (χ1v) is 7.50. The molecule has 1 amide bonds. The van der Waals surface area contributed by atoms with Crippen molar-refractivity contribution in [3.05, 3.63) is 59.2 Å². The molecule has 0 radical (unpaired) electrons. The molecule has 0 saturated heterocycles. The summed E-state index contributed by atoms with van der Waals surface area (Å²) < 4.78 is 0. The Hall–Kier alpha value is -2.69. The third-order valence-corrected chi connectivity index (χ3v) is 4.25. The van der Waals surface area contributed by atoms with Crippen LogP contribution in [0.3, 0.4) is 0 Å². The predicted octanol–water partition coefficient (Wildman–Crippen LogP) is 2.77. The largest absolute Gasteiger partial charge is 0.345 e. The van der Waals surface area contributed by atoms with E-state index < -0.39 is 0 Å². The molecule has 5 nitrogen and oxygen atoms in total. The molecular weight excluding hydrogens is 276 g/mol. The van der Waals surface area contributed by atoms with Crippen molar-refractivity contribution < 1.29 is 4.79 Å². The van der Waals surface area contributed by atoms with Crippen LogP contribution in [-0.4, -0.2) is 21.3 Å². The molecule has 3 aromatic rings. The highest BCUT2D eigenvalue weighted by Crippen LogP contribution is 2.29. The van der Waals surface area contributed by atoms with Crippen molar-refractivity contribution in [2.75, 3.05) is 0 Å². The smallest absolute Gasteiger partial charge is 0.251 e. The van der Waals surface area contributed by atoms with Crippen LogP contribution < -0.4 is 5.32 Å². The van der Waals surface area contributed by atoms with Crippen LogP contribution in [0.25, 0.3) is 11.0 Å². The summed E-state index contributed by atoms with van der Waals surface area (Å²) >= 11 is 0. The fraction of sp³-hybridized carbons (Fsp3) is 0.235. The summed E-state index contributed by atoms with van der Waals surface area (Å²) in [5.74, 6) is -0.0633. The summed E-state index contributed by atoms with van der Waals surface area (Å²) in [4.78, 5) is 12.5.